The molecule has 0 saturated heterocycles. The van der Waals surface area contributed by atoms with Crippen LogP contribution in [-0.4, -0.2) is 48.7 Å². The molecule has 4 rings (SSSR count). The zero-order valence-electron chi connectivity index (χ0n) is 17.0. The molecule has 1 aliphatic carbocycles. The standard InChI is InChI=1S/C22H22N2O6S/c1-23(16-9-3-2-4-10-16)31(28,29)17-11-7-8-15(14-17)22(27)30-24-20(25)18-12-5-6-13-19(18)21(24)26/h5-8,11-14,16H,2-4,9-10H2,1H3. The van der Waals surface area contributed by atoms with Crippen molar-refractivity contribution in [2.45, 2.75) is 43.0 Å². The van der Waals surface area contributed by atoms with Crippen molar-refractivity contribution in [1.29, 1.82) is 0 Å². The van der Waals surface area contributed by atoms with Crippen molar-refractivity contribution in [1.82, 2.24) is 9.37 Å². The smallest absolute Gasteiger partial charge is 0.324 e. The monoisotopic (exact) mass is 442 g/mol. The summed E-state index contributed by atoms with van der Waals surface area (Å²) in [6, 6.07) is 11.5. The summed E-state index contributed by atoms with van der Waals surface area (Å²) in [5, 5.41) is 0.405. The van der Waals surface area contributed by atoms with E-state index in [9.17, 15) is 22.8 Å². The summed E-state index contributed by atoms with van der Waals surface area (Å²) in [7, 11) is -2.26. The maximum absolute atomic E-state index is 13.1. The van der Waals surface area contributed by atoms with E-state index in [-0.39, 0.29) is 27.6 Å². The fraction of sp³-hybridized carbons (Fsp3) is 0.318. The minimum Gasteiger partial charge on any atom is -0.324 e. The van der Waals surface area contributed by atoms with E-state index in [0.29, 0.717) is 5.06 Å². The lowest BCUT2D eigenvalue weighted by atomic mass is 9.96. The molecule has 162 valence electrons. The molecular formula is C22H22N2O6S. The van der Waals surface area contributed by atoms with E-state index < -0.39 is 27.8 Å². The van der Waals surface area contributed by atoms with Gasteiger partial charge in [-0.15, -0.1) is 0 Å². The molecule has 31 heavy (non-hydrogen) atoms. The van der Waals surface area contributed by atoms with Crippen LogP contribution in [-0.2, 0) is 14.9 Å². The van der Waals surface area contributed by atoms with Crippen LogP contribution in [0.25, 0.3) is 0 Å². The van der Waals surface area contributed by atoms with Gasteiger partial charge in [-0.3, -0.25) is 9.59 Å². The average molecular weight is 442 g/mol. The molecule has 0 spiro atoms. The zero-order valence-corrected chi connectivity index (χ0v) is 17.8. The largest absolute Gasteiger partial charge is 0.363 e. The molecule has 1 fully saturated rings. The van der Waals surface area contributed by atoms with E-state index in [1.54, 1.807) is 19.2 Å². The fourth-order valence-corrected chi connectivity index (χ4v) is 5.44. The van der Waals surface area contributed by atoms with Gasteiger partial charge in [0.25, 0.3) is 11.8 Å². The van der Waals surface area contributed by atoms with Crippen LogP contribution in [0.5, 0.6) is 0 Å². The Bertz CT molecular complexity index is 1120. The molecule has 2 aromatic rings. The summed E-state index contributed by atoms with van der Waals surface area (Å²) >= 11 is 0. The van der Waals surface area contributed by atoms with Gasteiger partial charge in [0.05, 0.1) is 21.6 Å². The zero-order chi connectivity index (χ0) is 22.2. The Kier molecular flexibility index (Phi) is 5.63. The fourth-order valence-electron chi connectivity index (χ4n) is 3.98. The van der Waals surface area contributed by atoms with Gasteiger partial charge in [-0.25, -0.2) is 13.2 Å². The van der Waals surface area contributed by atoms with Crippen molar-refractivity contribution in [3.63, 3.8) is 0 Å². The molecule has 2 amide bonds. The number of fused-ring (bicyclic) bond motifs is 1. The lowest BCUT2D eigenvalue weighted by molar-refractivity contribution is -0.0584. The summed E-state index contributed by atoms with van der Waals surface area (Å²) in [4.78, 5) is 42.4. The number of carbonyl (C=O) groups is 3. The quantitative estimate of drug-likeness (QED) is 0.660. The Labute approximate surface area is 180 Å². The number of hydroxylamine groups is 2. The molecule has 0 bridgehead atoms. The summed E-state index contributed by atoms with van der Waals surface area (Å²) in [6.45, 7) is 0. The number of benzene rings is 2. The Balaban J connectivity index is 1.54. The highest BCUT2D eigenvalue weighted by Gasteiger charge is 2.39. The minimum atomic E-state index is -3.81. The molecule has 0 aromatic heterocycles. The number of imide groups is 1. The Hall–Kier alpha value is -3.04. The van der Waals surface area contributed by atoms with Gasteiger partial charge in [-0.05, 0) is 43.2 Å². The van der Waals surface area contributed by atoms with Gasteiger partial charge < -0.3 is 4.84 Å². The third kappa shape index (κ3) is 3.86. The van der Waals surface area contributed by atoms with Gasteiger partial charge in [-0.2, -0.15) is 4.31 Å². The van der Waals surface area contributed by atoms with Crippen molar-refractivity contribution in [3.8, 4) is 0 Å². The number of rotatable bonds is 5. The first kappa shape index (κ1) is 21.2. The van der Waals surface area contributed by atoms with E-state index in [0.717, 1.165) is 32.1 Å². The number of carbonyl (C=O) groups excluding carboxylic acids is 3. The van der Waals surface area contributed by atoms with E-state index in [4.69, 9.17) is 4.84 Å². The Morgan fingerprint density at radius 2 is 1.58 bits per heavy atom. The summed E-state index contributed by atoms with van der Waals surface area (Å²) in [6.07, 6.45) is 4.67. The third-order valence-electron chi connectivity index (χ3n) is 5.77. The Morgan fingerprint density at radius 3 is 2.19 bits per heavy atom. The molecule has 0 radical (unpaired) electrons. The maximum atomic E-state index is 13.1. The van der Waals surface area contributed by atoms with Crippen LogP contribution in [0.1, 0.15) is 63.2 Å². The van der Waals surface area contributed by atoms with Gasteiger partial charge in [0.15, 0.2) is 0 Å². The summed E-state index contributed by atoms with van der Waals surface area (Å²) in [5.74, 6) is -2.48. The number of nitrogens with zero attached hydrogens (tertiary/aromatic N) is 2. The first-order valence-electron chi connectivity index (χ1n) is 10.1. The van der Waals surface area contributed by atoms with Crippen LogP contribution in [0.4, 0.5) is 0 Å². The SMILES string of the molecule is CN(C1CCCCC1)S(=O)(=O)c1cccc(C(=O)ON2C(=O)c3ccccc3C2=O)c1. The van der Waals surface area contributed by atoms with Crippen molar-refractivity contribution in [2.75, 3.05) is 7.05 Å². The van der Waals surface area contributed by atoms with Crippen LogP contribution in [0.3, 0.4) is 0 Å². The normalized spacial score (nSPS) is 17.2. The molecule has 1 heterocycles. The maximum Gasteiger partial charge on any atom is 0.363 e. The highest BCUT2D eigenvalue weighted by molar-refractivity contribution is 7.89. The van der Waals surface area contributed by atoms with Crippen LogP contribution < -0.4 is 0 Å². The molecule has 9 heteroatoms. The van der Waals surface area contributed by atoms with Gasteiger partial charge in [-0.1, -0.05) is 42.5 Å². The first-order chi connectivity index (χ1) is 14.8. The Morgan fingerprint density at radius 1 is 0.968 bits per heavy atom. The lowest BCUT2D eigenvalue weighted by Gasteiger charge is -2.30. The average Bonchev–Trinajstić information content (AvgIpc) is 3.04. The van der Waals surface area contributed by atoms with E-state index in [1.807, 2.05) is 0 Å². The second kappa shape index (κ2) is 8.24. The molecule has 8 nitrogen and oxygen atoms in total. The number of sulfonamides is 1. The summed E-state index contributed by atoms with van der Waals surface area (Å²) < 4.78 is 27.5. The van der Waals surface area contributed by atoms with E-state index in [1.165, 1.54) is 40.7 Å². The molecule has 2 aliphatic rings. The van der Waals surface area contributed by atoms with Gasteiger partial charge in [0.1, 0.15) is 0 Å². The molecule has 0 N–H and O–H groups in total. The van der Waals surface area contributed by atoms with E-state index in [2.05, 4.69) is 0 Å². The second-order valence-corrected chi connectivity index (χ2v) is 9.67. The number of amides is 2. The van der Waals surface area contributed by atoms with Crippen LogP contribution in [0.2, 0.25) is 0 Å². The van der Waals surface area contributed by atoms with Gasteiger partial charge >= 0.3 is 5.97 Å². The lowest BCUT2D eigenvalue weighted by Crippen LogP contribution is -2.38. The predicted molar refractivity (Wildman–Crippen MR) is 111 cm³/mol. The minimum absolute atomic E-state index is 0.0441. The van der Waals surface area contributed by atoms with Gasteiger partial charge in [0, 0.05) is 13.1 Å². The molecule has 0 unspecified atom stereocenters. The van der Waals surface area contributed by atoms with Crippen molar-refractivity contribution < 1.29 is 27.6 Å². The van der Waals surface area contributed by atoms with Gasteiger partial charge in [0.2, 0.25) is 10.0 Å². The van der Waals surface area contributed by atoms with E-state index >= 15 is 0 Å². The van der Waals surface area contributed by atoms with Crippen molar-refractivity contribution in [3.05, 3.63) is 65.2 Å². The molecule has 1 aliphatic heterocycles. The summed E-state index contributed by atoms with van der Waals surface area (Å²) in [5.41, 5.74) is 0.214. The van der Waals surface area contributed by atoms with Crippen LogP contribution in [0.15, 0.2) is 53.4 Å². The third-order valence-corrected chi connectivity index (χ3v) is 7.67. The molecular weight excluding hydrogens is 420 g/mol. The molecule has 0 atom stereocenters. The topological polar surface area (TPSA) is 101 Å². The first-order valence-corrected chi connectivity index (χ1v) is 11.5. The highest BCUT2D eigenvalue weighted by Crippen LogP contribution is 2.27. The van der Waals surface area contributed by atoms with Crippen LogP contribution >= 0.6 is 0 Å². The number of hydrogen-bond acceptors (Lipinski definition) is 6. The van der Waals surface area contributed by atoms with Crippen molar-refractivity contribution in [2.24, 2.45) is 0 Å². The van der Waals surface area contributed by atoms with Crippen LogP contribution in [0, 0.1) is 0 Å². The van der Waals surface area contributed by atoms with Crippen molar-refractivity contribution >= 4 is 27.8 Å². The second-order valence-electron chi connectivity index (χ2n) is 7.67. The molecule has 1 saturated carbocycles. The molecule has 2 aromatic carbocycles. The number of hydrogen-bond donors (Lipinski definition) is 0. The predicted octanol–water partition coefficient (Wildman–Crippen LogP) is 3.01. The highest BCUT2D eigenvalue weighted by atomic mass is 32.2.